The van der Waals surface area contributed by atoms with Crippen LogP contribution in [0.1, 0.15) is 90.4 Å². The van der Waals surface area contributed by atoms with Crippen LogP contribution in [0.15, 0.2) is 24.8 Å². The van der Waals surface area contributed by atoms with Gasteiger partial charge in [0.15, 0.2) is 0 Å². The molecule has 0 atom stereocenters. The molecule has 0 saturated heterocycles. The summed E-state index contributed by atoms with van der Waals surface area (Å²) in [5.74, 6) is 2.87. The second-order valence-corrected chi connectivity index (χ2v) is 8.19. The van der Waals surface area contributed by atoms with E-state index in [-0.39, 0.29) is 0 Å². The van der Waals surface area contributed by atoms with E-state index in [4.69, 9.17) is 4.74 Å². The van der Waals surface area contributed by atoms with Gasteiger partial charge >= 0.3 is 0 Å². The minimum absolute atomic E-state index is 0.509. The molecule has 2 aliphatic rings. The van der Waals surface area contributed by atoms with Gasteiger partial charge in [0.1, 0.15) is 0 Å². The maximum Gasteiger partial charge on any atom is 0.0648 e. The fourth-order valence-corrected chi connectivity index (χ4v) is 4.54. The predicted molar refractivity (Wildman–Crippen MR) is 105 cm³/mol. The zero-order chi connectivity index (χ0) is 17.0. The van der Waals surface area contributed by atoms with Crippen LogP contribution in [0.25, 0.3) is 0 Å². The second-order valence-electron chi connectivity index (χ2n) is 8.19. The third kappa shape index (κ3) is 7.55. The van der Waals surface area contributed by atoms with Crippen molar-refractivity contribution in [1.29, 1.82) is 0 Å². The van der Waals surface area contributed by atoms with Crippen molar-refractivity contribution in [2.45, 2.75) is 96.5 Å². The highest BCUT2D eigenvalue weighted by Crippen LogP contribution is 2.36. The first-order valence-corrected chi connectivity index (χ1v) is 10.7. The lowest BCUT2D eigenvalue weighted by atomic mass is 9.77. The van der Waals surface area contributed by atoms with Crippen LogP contribution in [0.4, 0.5) is 0 Å². The fourth-order valence-electron chi connectivity index (χ4n) is 4.54. The lowest BCUT2D eigenvalue weighted by molar-refractivity contribution is 0.0327. The minimum Gasteiger partial charge on any atom is -0.374 e. The summed E-state index contributed by atoms with van der Waals surface area (Å²) in [6, 6.07) is 0. The maximum atomic E-state index is 5.81. The molecule has 0 radical (unpaired) electrons. The highest BCUT2D eigenvalue weighted by Gasteiger charge is 2.24. The monoisotopic (exact) mass is 332 g/mol. The van der Waals surface area contributed by atoms with Gasteiger partial charge in [-0.05, 0) is 75.5 Å². The van der Waals surface area contributed by atoms with Crippen molar-refractivity contribution in [2.24, 2.45) is 17.8 Å². The van der Waals surface area contributed by atoms with E-state index >= 15 is 0 Å². The molecule has 2 fully saturated rings. The highest BCUT2D eigenvalue weighted by molar-refractivity contribution is 4.91. The van der Waals surface area contributed by atoms with Crippen molar-refractivity contribution >= 4 is 0 Å². The van der Waals surface area contributed by atoms with Gasteiger partial charge in [0.05, 0.1) is 12.7 Å². The number of allylic oxidation sites excluding steroid dienone is 2. The van der Waals surface area contributed by atoms with Crippen molar-refractivity contribution < 1.29 is 4.74 Å². The summed E-state index contributed by atoms with van der Waals surface area (Å²) in [5.41, 5.74) is 0. The zero-order valence-electron chi connectivity index (χ0n) is 16.1. The summed E-state index contributed by atoms with van der Waals surface area (Å²) in [4.78, 5) is 0. The molecule has 1 nitrogen and oxygen atoms in total. The third-order valence-corrected chi connectivity index (χ3v) is 6.25. The van der Waals surface area contributed by atoms with E-state index in [1.54, 1.807) is 0 Å². The zero-order valence-corrected chi connectivity index (χ0v) is 16.1. The third-order valence-electron chi connectivity index (χ3n) is 6.25. The first kappa shape index (κ1) is 19.8. The lowest BCUT2D eigenvalue weighted by Gasteiger charge is -2.31. The molecule has 0 N–H and O–H groups in total. The summed E-state index contributed by atoms with van der Waals surface area (Å²) < 4.78 is 5.81. The van der Waals surface area contributed by atoms with E-state index in [2.05, 4.69) is 25.7 Å². The van der Waals surface area contributed by atoms with Crippen molar-refractivity contribution in [2.75, 3.05) is 6.61 Å². The smallest absolute Gasteiger partial charge is 0.0648 e. The molecule has 2 aliphatic carbocycles. The van der Waals surface area contributed by atoms with E-state index in [1.165, 1.54) is 83.5 Å². The van der Waals surface area contributed by atoms with Gasteiger partial charge in [0.2, 0.25) is 0 Å². The molecule has 1 heteroatoms. The molecular formula is C23H40O. The minimum atomic E-state index is 0.509. The average Bonchev–Trinajstić information content (AvgIpc) is 2.64. The standard InChI is InChI=1S/C23H40O/c1-3-5-6-7-8-20-9-11-21(12-10-20)13-14-22-15-17-23(18-16-22)24-19-4-2/h4,7-8,20-23H,2-3,5-6,9-19H2,1H3/b8-7+. The molecule has 0 amide bonds. The Bertz CT molecular complexity index is 343. The first-order valence-electron chi connectivity index (χ1n) is 10.7. The van der Waals surface area contributed by atoms with Gasteiger partial charge in [0.25, 0.3) is 0 Å². The normalized spacial score (nSPS) is 31.4. The van der Waals surface area contributed by atoms with Gasteiger partial charge in [0, 0.05) is 0 Å². The summed E-state index contributed by atoms with van der Waals surface area (Å²) in [6.45, 7) is 6.75. The summed E-state index contributed by atoms with van der Waals surface area (Å²) in [5, 5.41) is 0. The van der Waals surface area contributed by atoms with Crippen molar-refractivity contribution in [3.63, 3.8) is 0 Å². The van der Waals surface area contributed by atoms with E-state index < -0.39 is 0 Å². The Hall–Kier alpha value is -0.560. The molecule has 0 aromatic heterocycles. The molecule has 0 bridgehead atoms. The maximum absolute atomic E-state index is 5.81. The van der Waals surface area contributed by atoms with Crippen LogP contribution in [0, 0.1) is 17.8 Å². The van der Waals surface area contributed by atoms with Gasteiger partial charge in [-0.1, -0.05) is 50.8 Å². The number of unbranched alkanes of at least 4 members (excludes halogenated alkanes) is 2. The Morgan fingerprint density at radius 1 is 0.917 bits per heavy atom. The topological polar surface area (TPSA) is 9.23 Å². The molecule has 0 aliphatic heterocycles. The molecular weight excluding hydrogens is 292 g/mol. The summed E-state index contributed by atoms with van der Waals surface area (Å²) in [7, 11) is 0. The molecule has 138 valence electrons. The van der Waals surface area contributed by atoms with Crippen LogP contribution >= 0.6 is 0 Å². The summed E-state index contributed by atoms with van der Waals surface area (Å²) >= 11 is 0. The molecule has 0 heterocycles. The number of ether oxygens (including phenoxy) is 1. The predicted octanol–water partition coefficient (Wildman–Crippen LogP) is 7.08. The van der Waals surface area contributed by atoms with Crippen LogP contribution in [-0.4, -0.2) is 12.7 Å². The van der Waals surface area contributed by atoms with E-state index in [0.717, 1.165) is 24.4 Å². The van der Waals surface area contributed by atoms with Crippen LogP contribution in [0.3, 0.4) is 0 Å². The van der Waals surface area contributed by atoms with Gasteiger partial charge < -0.3 is 4.74 Å². The van der Waals surface area contributed by atoms with Gasteiger partial charge in [-0.2, -0.15) is 0 Å². The molecule has 0 unspecified atom stereocenters. The lowest BCUT2D eigenvalue weighted by Crippen LogP contribution is -2.22. The Morgan fingerprint density at radius 3 is 2.12 bits per heavy atom. The van der Waals surface area contributed by atoms with Crippen LogP contribution < -0.4 is 0 Å². The molecule has 2 saturated carbocycles. The van der Waals surface area contributed by atoms with E-state index in [1.807, 2.05) is 6.08 Å². The number of hydrogen-bond acceptors (Lipinski definition) is 1. The number of rotatable bonds is 10. The SMILES string of the molecule is C=CCOC1CCC(CCC2CCC(/C=C/CCCC)CC2)CC1. The van der Waals surface area contributed by atoms with E-state index in [9.17, 15) is 0 Å². The van der Waals surface area contributed by atoms with Crippen molar-refractivity contribution in [1.82, 2.24) is 0 Å². The Morgan fingerprint density at radius 2 is 1.54 bits per heavy atom. The van der Waals surface area contributed by atoms with Crippen LogP contribution in [0.5, 0.6) is 0 Å². The van der Waals surface area contributed by atoms with Gasteiger partial charge in [-0.3, -0.25) is 0 Å². The molecule has 0 aromatic rings. The van der Waals surface area contributed by atoms with Gasteiger partial charge in [-0.15, -0.1) is 6.58 Å². The number of hydrogen-bond donors (Lipinski definition) is 0. The Labute approximate surface area is 150 Å². The fraction of sp³-hybridized carbons (Fsp3) is 0.826. The summed E-state index contributed by atoms with van der Waals surface area (Å²) in [6.07, 6.45) is 25.4. The molecule has 24 heavy (non-hydrogen) atoms. The van der Waals surface area contributed by atoms with Crippen LogP contribution in [0.2, 0.25) is 0 Å². The first-order chi connectivity index (χ1) is 11.8. The Kier molecular flexibility index (Phi) is 9.80. The largest absolute Gasteiger partial charge is 0.374 e. The second kappa shape index (κ2) is 11.9. The average molecular weight is 333 g/mol. The molecule has 0 spiro atoms. The van der Waals surface area contributed by atoms with Crippen molar-refractivity contribution in [3.05, 3.63) is 24.8 Å². The molecule has 0 aromatic carbocycles. The quantitative estimate of drug-likeness (QED) is 0.307. The molecule has 2 rings (SSSR count). The van der Waals surface area contributed by atoms with Gasteiger partial charge in [-0.25, -0.2) is 0 Å². The highest BCUT2D eigenvalue weighted by atomic mass is 16.5. The van der Waals surface area contributed by atoms with Crippen LogP contribution in [-0.2, 0) is 4.74 Å². The Balaban J connectivity index is 1.53. The van der Waals surface area contributed by atoms with E-state index in [0.29, 0.717) is 6.10 Å². The van der Waals surface area contributed by atoms with Crippen molar-refractivity contribution in [3.8, 4) is 0 Å².